The molecule has 0 amide bonds. The van der Waals surface area contributed by atoms with Crippen LogP contribution >= 0.6 is 0 Å². The highest BCUT2D eigenvalue weighted by atomic mass is 16.3. The van der Waals surface area contributed by atoms with Crippen LogP contribution in [-0.2, 0) is 6.42 Å². The van der Waals surface area contributed by atoms with E-state index in [0.717, 1.165) is 6.42 Å². The van der Waals surface area contributed by atoms with Crippen LogP contribution in [0.15, 0.2) is 24.3 Å². The Morgan fingerprint density at radius 3 is 2.83 bits per heavy atom. The van der Waals surface area contributed by atoms with Crippen LogP contribution in [0.3, 0.4) is 0 Å². The molecule has 0 spiro atoms. The van der Waals surface area contributed by atoms with Gasteiger partial charge in [-0.25, -0.2) is 0 Å². The number of aliphatic hydroxyl groups is 1. The Morgan fingerprint density at radius 1 is 1.50 bits per heavy atom. The maximum Gasteiger partial charge on any atom is 0.0585 e. The summed E-state index contributed by atoms with van der Waals surface area (Å²) in [5.41, 5.74) is 8.03. The van der Waals surface area contributed by atoms with Gasteiger partial charge in [0.1, 0.15) is 0 Å². The predicted molar refractivity (Wildman–Crippen MR) is 49.9 cm³/mol. The number of aryl methyl sites for hydroxylation is 1. The average molecular weight is 165 g/mol. The standard InChI is InChI=1S/C10H15NO/c1-8-3-2-4-9(5-8)6-10(11)7-12/h2-5,10,12H,6-7,11H2,1H3. The molecule has 0 radical (unpaired) electrons. The molecule has 3 N–H and O–H groups in total. The van der Waals surface area contributed by atoms with Crippen molar-refractivity contribution in [3.8, 4) is 0 Å². The van der Waals surface area contributed by atoms with Crippen molar-refractivity contribution in [2.24, 2.45) is 5.73 Å². The van der Waals surface area contributed by atoms with E-state index in [1.807, 2.05) is 25.1 Å². The molecule has 1 atom stereocenters. The number of rotatable bonds is 3. The van der Waals surface area contributed by atoms with Crippen LogP contribution in [-0.4, -0.2) is 17.8 Å². The Morgan fingerprint density at radius 2 is 2.25 bits per heavy atom. The van der Waals surface area contributed by atoms with E-state index in [4.69, 9.17) is 10.8 Å². The Labute approximate surface area is 73.0 Å². The van der Waals surface area contributed by atoms with Gasteiger partial charge in [0, 0.05) is 6.04 Å². The molecule has 0 aromatic heterocycles. The maximum absolute atomic E-state index is 8.74. The Kier molecular flexibility index (Phi) is 3.26. The van der Waals surface area contributed by atoms with Gasteiger partial charge in [-0.1, -0.05) is 29.8 Å². The molecule has 66 valence electrons. The molecule has 2 nitrogen and oxygen atoms in total. The number of aliphatic hydroxyl groups excluding tert-OH is 1. The molecule has 1 aromatic rings. The summed E-state index contributed by atoms with van der Waals surface area (Å²) in [6.45, 7) is 2.10. The molecule has 0 heterocycles. The molecule has 0 saturated heterocycles. The van der Waals surface area contributed by atoms with Gasteiger partial charge in [0.2, 0.25) is 0 Å². The van der Waals surface area contributed by atoms with Gasteiger partial charge in [0.25, 0.3) is 0 Å². The van der Waals surface area contributed by atoms with Crippen molar-refractivity contribution in [3.63, 3.8) is 0 Å². The fourth-order valence-electron chi connectivity index (χ4n) is 1.21. The van der Waals surface area contributed by atoms with Crippen molar-refractivity contribution in [1.82, 2.24) is 0 Å². The van der Waals surface area contributed by atoms with Crippen LogP contribution in [0.2, 0.25) is 0 Å². The van der Waals surface area contributed by atoms with E-state index in [1.54, 1.807) is 0 Å². The van der Waals surface area contributed by atoms with E-state index in [2.05, 4.69) is 6.07 Å². The summed E-state index contributed by atoms with van der Waals surface area (Å²) in [5, 5.41) is 8.74. The minimum absolute atomic E-state index is 0.0495. The smallest absolute Gasteiger partial charge is 0.0585 e. The van der Waals surface area contributed by atoms with E-state index in [9.17, 15) is 0 Å². The lowest BCUT2D eigenvalue weighted by Crippen LogP contribution is -2.26. The molecular weight excluding hydrogens is 150 g/mol. The number of benzene rings is 1. The zero-order chi connectivity index (χ0) is 8.97. The second-order valence-corrected chi connectivity index (χ2v) is 3.14. The van der Waals surface area contributed by atoms with Gasteiger partial charge in [-0.3, -0.25) is 0 Å². The first kappa shape index (κ1) is 9.23. The van der Waals surface area contributed by atoms with Crippen LogP contribution in [0, 0.1) is 6.92 Å². The lowest BCUT2D eigenvalue weighted by Gasteiger charge is -2.07. The van der Waals surface area contributed by atoms with E-state index in [1.165, 1.54) is 11.1 Å². The van der Waals surface area contributed by atoms with Crippen molar-refractivity contribution in [2.45, 2.75) is 19.4 Å². The predicted octanol–water partition coefficient (Wildman–Crippen LogP) is 0.857. The number of nitrogens with two attached hydrogens (primary N) is 1. The van der Waals surface area contributed by atoms with E-state index in [-0.39, 0.29) is 12.6 Å². The van der Waals surface area contributed by atoms with Crippen molar-refractivity contribution in [3.05, 3.63) is 35.4 Å². The Bertz CT molecular complexity index is 247. The molecule has 0 aliphatic carbocycles. The molecule has 1 unspecified atom stereocenters. The van der Waals surface area contributed by atoms with Gasteiger partial charge >= 0.3 is 0 Å². The van der Waals surface area contributed by atoms with Crippen LogP contribution in [0.5, 0.6) is 0 Å². The van der Waals surface area contributed by atoms with E-state index < -0.39 is 0 Å². The first-order chi connectivity index (χ1) is 5.72. The summed E-state index contributed by atoms with van der Waals surface area (Å²) in [4.78, 5) is 0. The average Bonchev–Trinajstić information content (AvgIpc) is 2.04. The molecule has 0 saturated carbocycles. The molecule has 12 heavy (non-hydrogen) atoms. The summed E-state index contributed by atoms with van der Waals surface area (Å²) in [6, 6.07) is 8.05. The number of hydrogen-bond acceptors (Lipinski definition) is 2. The van der Waals surface area contributed by atoms with Crippen molar-refractivity contribution < 1.29 is 5.11 Å². The van der Waals surface area contributed by atoms with Gasteiger partial charge in [0.05, 0.1) is 6.61 Å². The van der Waals surface area contributed by atoms with Gasteiger partial charge in [-0.2, -0.15) is 0 Å². The first-order valence-electron chi connectivity index (χ1n) is 4.14. The molecule has 1 aromatic carbocycles. The van der Waals surface area contributed by atoms with Crippen LogP contribution < -0.4 is 5.73 Å². The monoisotopic (exact) mass is 165 g/mol. The molecule has 0 aliphatic heterocycles. The fourth-order valence-corrected chi connectivity index (χ4v) is 1.21. The highest BCUT2D eigenvalue weighted by Crippen LogP contribution is 2.05. The maximum atomic E-state index is 8.74. The fraction of sp³-hybridized carbons (Fsp3) is 0.400. The molecule has 0 bridgehead atoms. The van der Waals surface area contributed by atoms with Crippen LogP contribution in [0.1, 0.15) is 11.1 Å². The second-order valence-electron chi connectivity index (χ2n) is 3.14. The second kappa shape index (κ2) is 4.24. The molecule has 1 rings (SSSR count). The van der Waals surface area contributed by atoms with Crippen molar-refractivity contribution in [2.75, 3.05) is 6.61 Å². The molecule has 0 aliphatic rings. The largest absolute Gasteiger partial charge is 0.395 e. The summed E-state index contributed by atoms with van der Waals surface area (Å²) in [7, 11) is 0. The summed E-state index contributed by atoms with van der Waals surface area (Å²) in [5.74, 6) is 0. The third-order valence-electron chi connectivity index (χ3n) is 1.81. The summed E-state index contributed by atoms with van der Waals surface area (Å²) < 4.78 is 0. The normalized spacial score (nSPS) is 12.9. The van der Waals surface area contributed by atoms with E-state index in [0.29, 0.717) is 0 Å². The third kappa shape index (κ3) is 2.64. The van der Waals surface area contributed by atoms with Crippen molar-refractivity contribution >= 4 is 0 Å². The zero-order valence-electron chi connectivity index (χ0n) is 7.33. The lowest BCUT2D eigenvalue weighted by atomic mass is 10.1. The highest BCUT2D eigenvalue weighted by molar-refractivity contribution is 5.22. The first-order valence-corrected chi connectivity index (χ1v) is 4.14. The molecule has 2 heteroatoms. The van der Waals surface area contributed by atoms with Crippen molar-refractivity contribution in [1.29, 1.82) is 0 Å². The third-order valence-corrected chi connectivity index (χ3v) is 1.81. The molecular formula is C10H15NO. The van der Waals surface area contributed by atoms with Crippen LogP contribution in [0.25, 0.3) is 0 Å². The Hall–Kier alpha value is -0.860. The van der Waals surface area contributed by atoms with Gasteiger partial charge in [0.15, 0.2) is 0 Å². The van der Waals surface area contributed by atoms with Gasteiger partial charge < -0.3 is 10.8 Å². The SMILES string of the molecule is Cc1cccc(CC(N)CO)c1. The highest BCUT2D eigenvalue weighted by Gasteiger charge is 2.01. The van der Waals surface area contributed by atoms with Crippen LogP contribution in [0.4, 0.5) is 0 Å². The number of hydrogen-bond donors (Lipinski definition) is 2. The lowest BCUT2D eigenvalue weighted by molar-refractivity contribution is 0.265. The topological polar surface area (TPSA) is 46.2 Å². The quantitative estimate of drug-likeness (QED) is 0.697. The minimum atomic E-state index is -0.133. The summed E-state index contributed by atoms with van der Waals surface area (Å²) >= 11 is 0. The Balaban J connectivity index is 2.63. The van der Waals surface area contributed by atoms with Gasteiger partial charge in [-0.15, -0.1) is 0 Å². The summed E-state index contributed by atoms with van der Waals surface area (Å²) in [6.07, 6.45) is 0.748. The zero-order valence-corrected chi connectivity index (χ0v) is 7.33. The minimum Gasteiger partial charge on any atom is -0.395 e. The molecule has 0 fully saturated rings. The van der Waals surface area contributed by atoms with E-state index >= 15 is 0 Å². The van der Waals surface area contributed by atoms with Gasteiger partial charge in [-0.05, 0) is 18.9 Å².